The molecule has 104 valence electrons. The molecular weight excluding hydrogens is 240 g/mol. The van der Waals surface area contributed by atoms with E-state index >= 15 is 0 Å². The molecule has 0 aromatic rings. The molecule has 0 fully saturated rings. The molecule has 0 rings (SSSR count). The number of alkyl carbamates (subject to hydrolysis) is 1. The number of esters is 1. The van der Waals surface area contributed by atoms with Crippen LogP contribution in [0.4, 0.5) is 4.79 Å². The van der Waals surface area contributed by atoms with E-state index < -0.39 is 29.6 Å². The summed E-state index contributed by atoms with van der Waals surface area (Å²) in [5, 5.41) is 2.25. The van der Waals surface area contributed by atoms with Crippen LogP contribution in [0.2, 0.25) is 0 Å². The van der Waals surface area contributed by atoms with Crippen LogP contribution in [-0.2, 0) is 19.1 Å². The van der Waals surface area contributed by atoms with Crippen LogP contribution < -0.4 is 11.1 Å². The van der Waals surface area contributed by atoms with Gasteiger partial charge in [0.2, 0.25) is 5.91 Å². The lowest BCUT2D eigenvalue weighted by molar-refractivity contribution is -0.147. The van der Waals surface area contributed by atoms with Gasteiger partial charge in [0, 0.05) is 0 Å². The molecular formula is C11H20N2O5. The summed E-state index contributed by atoms with van der Waals surface area (Å²) in [6.07, 6.45) is -1.14. The highest BCUT2D eigenvalue weighted by Gasteiger charge is 2.26. The van der Waals surface area contributed by atoms with Crippen LogP contribution in [0.5, 0.6) is 0 Å². The van der Waals surface area contributed by atoms with Gasteiger partial charge in [-0.25, -0.2) is 9.59 Å². The molecule has 18 heavy (non-hydrogen) atoms. The zero-order valence-electron chi connectivity index (χ0n) is 11.1. The molecule has 0 aromatic carbocycles. The van der Waals surface area contributed by atoms with Gasteiger partial charge in [-0.1, -0.05) is 0 Å². The van der Waals surface area contributed by atoms with E-state index in [1.165, 1.54) is 0 Å². The molecule has 0 aromatic heterocycles. The van der Waals surface area contributed by atoms with Gasteiger partial charge in [0.1, 0.15) is 11.6 Å². The van der Waals surface area contributed by atoms with Gasteiger partial charge in [0.15, 0.2) is 0 Å². The molecule has 0 spiro atoms. The van der Waals surface area contributed by atoms with Crippen LogP contribution in [0.3, 0.4) is 0 Å². The summed E-state index contributed by atoms with van der Waals surface area (Å²) in [6, 6.07) is -1.13. The lowest BCUT2D eigenvalue weighted by Gasteiger charge is -2.22. The molecule has 2 amide bonds. The van der Waals surface area contributed by atoms with Gasteiger partial charge in [-0.3, -0.25) is 4.79 Å². The third kappa shape index (κ3) is 7.48. The smallest absolute Gasteiger partial charge is 0.408 e. The van der Waals surface area contributed by atoms with Gasteiger partial charge in [0.05, 0.1) is 13.0 Å². The van der Waals surface area contributed by atoms with Gasteiger partial charge >= 0.3 is 12.1 Å². The van der Waals surface area contributed by atoms with Crippen LogP contribution in [0.25, 0.3) is 0 Å². The maximum absolute atomic E-state index is 11.5. The van der Waals surface area contributed by atoms with Crippen molar-refractivity contribution in [2.75, 3.05) is 6.61 Å². The third-order valence-corrected chi connectivity index (χ3v) is 1.67. The van der Waals surface area contributed by atoms with Crippen molar-refractivity contribution in [3.63, 3.8) is 0 Å². The van der Waals surface area contributed by atoms with Crippen molar-refractivity contribution in [1.82, 2.24) is 5.32 Å². The number of carbonyl (C=O) groups is 3. The predicted molar refractivity (Wildman–Crippen MR) is 63.6 cm³/mol. The summed E-state index contributed by atoms with van der Waals surface area (Å²) in [7, 11) is 0. The second kappa shape index (κ2) is 6.83. The molecule has 0 aliphatic carbocycles. The lowest BCUT2D eigenvalue weighted by Crippen LogP contribution is -2.46. The quantitative estimate of drug-likeness (QED) is 0.692. The Labute approximate surface area is 106 Å². The lowest BCUT2D eigenvalue weighted by atomic mass is 10.2. The van der Waals surface area contributed by atoms with E-state index in [2.05, 4.69) is 5.32 Å². The minimum Gasteiger partial charge on any atom is -0.464 e. The minimum absolute atomic E-state index is 0.143. The summed E-state index contributed by atoms with van der Waals surface area (Å²) in [5.41, 5.74) is 4.29. The van der Waals surface area contributed by atoms with Gasteiger partial charge < -0.3 is 20.5 Å². The topological polar surface area (TPSA) is 108 Å². The summed E-state index contributed by atoms with van der Waals surface area (Å²) >= 11 is 0. The number of nitrogens with two attached hydrogens (primary N) is 1. The van der Waals surface area contributed by atoms with E-state index in [1.54, 1.807) is 27.7 Å². The van der Waals surface area contributed by atoms with Crippen molar-refractivity contribution in [3.8, 4) is 0 Å². The number of rotatable bonds is 5. The van der Waals surface area contributed by atoms with Gasteiger partial charge in [-0.15, -0.1) is 0 Å². The first-order valence-electron chi connectivity index (χ1n) is 5.60. The summed E-state index contributed by atoms with van der Waals surface area (Å²) in [5.74, 6) is -1.44. The molecule has 7 heteroatoms. The fraction of sp³-hybridized carbons (Fsp3) is 0.727. The summed E-state index contributed by atoms with van der Waals surface area (Å²) in [6.45, 7) is 6.80. The largest absolute Gasteiger partial charge is 0.464 e. The van der Waals surface area contributed by atoms with E-state index in [1.807, 2.05) is 0 Å². The van der Waals surface area contributed by atoms with Crippen molar-refractivity contribution in [1.29, 1.82) is 0 Å². The molecule has 1 atom stereocenters. The van der Waals surface area contributed by atoms with E-state index in [9.17, 15) is 14.4 Å². The monoisotopic (exact) mass is 260 g/mol. The predicted octanol–water partition coefficient (Wildman–Crippen LogP) is 0.318. The van der Waals surface area contributed by atoms with Crippen LogP contribution in [0, 0.1) is 0 Å². The first-order chi connectivity index (χ1) is 8.15. The van der Waals surface area contributed by atoms with E-state index in [-0.39, 0.29) is 13.0 Å². The Kier molecular flexibility index (Phi) is 6.15. The molecule has 0 heterocycles. The highest BCUT2D eigenvalue weighted by molar-refractivity contribution is 5.87. The van der Waals surface area contributed by atoms with Crippen molar-refractivity contribution in [3.05, 3.63) is 0 Å². The molecule has 0 bridgehead atoms. The third-order valence-electron chi connectivity index (χ3n) is 1.67. The maximum atomic E-state index is 11.5. The zero-order chi connectivity index (χ0) is 14.3. The number of hydrogen-bond acceptors (Lipinski definition) is 5. The second-order valence-electron chi connectivity index (χ2n) is 4.62. The normalized spacial score (nSPS) is 12.4. The van der Waals surface area contributed by atoms with Crippen LogP contribution >= 0.6 is 0 Å². The van der Waals surface area contributed by atoms with Crippen molar-refractivity contribution in [2.45, 2.75) is 45.8 Å². The molecule has 0 radical (unpaired) electrons. The number of carbonyl (C=O) groups excluding carboxylic acids is 3. The van der Waals surface area contributed by atoms with E-state index in [4.69, 9.17) is 15.2 Å². The SMILES string of the molecule is CCOC(=O)C(CC(N)=O)NC(=O)OC(C)(C)C. The van der Waals surface area contributed by atoms with Crippen LogP contribution in [0.1, 0.15) is 34.1 Å². The van der Waals surface area contributed by atoms with Crippen molar-refractivity contribution in [2.24, 2.45) is 5.73 Å². The molecule has 0 aliphatic heterocycles. The number of nitrogens with one attached hydrogen (secondary N) is 1. The number of amides is 2. The van der Waals surface area contributed by atoms with Gasteiger partial charge in [-0.2, -0.15) is 0 Å². The first-order valence-corrected chi connectivity index (χ1v) is 5.60. The van der Waals surface area contributed by atoms with Crippen LogP contribution in [0.15, 0.2) is 0 Å². The average Bonchev–Trinajstić information content (AvgIpc) is 2.13. The van der Waals surface area contributed by atoms with E-state index in [0.717, 1.165) is 0 Å². The molecule has 3 N–H and O–H groups in total. The number of ether oxygens (including phenoxy) is 2. The fourth-order valence-corrected chi connectivity index (χ4v) is 1.09. The maximum Gasteiger partial charge on any atom is 0.408 e. The van der Waals surface area contributed by atoms with Crippen molar-refractivity contribution >= 4 is 18.0 Å². The summed E-state index contributed by atoms with van der Waals surface area (Å²) < 4.78 is 9.69. The Morgan fingerprint density at radius 2 is 1.83 bits per heavy atom. The minimum atomic E-state index is -1.13. The fourth-order valence-electron chi connectivity index (χ4n) is 1.09. The number of primary amides is 1. The Hall–Kier alpha value is -1.79. The van der Waals surface area contributed by atoms with Gasteiger partial charge in [0.25, 0.3) is 0 Å². The Morgan fingerprint density at radius 1 is 1.28 bits per heavy atom. The van der Waals surface area contributed by atoms with Gasteiger partial charge in [-0.05, 0) is 27.7 Å². The Morgan fingerprint density at radius 3 is 2.22 bits per heavy atom. The molecule has 0 saturated carbocycles. The number of hydrogen-bond donors (Lipinski definition) is 2. The summed E-state index contributed by atoms with van der Waals surface area (Å²) in [4.78, 5) is 33.8. The first kappa shape index (κ1) is 16.2. The second-order valence-corrected chi connectivity index (χ2v) is 4.62. The van der Waals surface area contributed by atoms with Crippen molar-refractivity contribution < 1.29 is 23.9 Å². The molecule has 7 nitrogen and oxygen atoms in total. The highest BCUT2D eigenvalue weighted by Crippen LogP contribution is 2.07. The zero-order valence-corrected chi connectivity index (χ0v) is 11.1. The average molecular weight is 260 g/mol. The van der Waals surface area contributed by atoms with Crippen LogP contribution in [-0.4, -0.2) is 36.2 Å². The molecule has 1 unspecified atom stereocenters. The molecule has 0 saturated heterocycles. The Balaban J connectivity index is 4.54. The molecule has 0 aliphatic rings. The highest BCUT2D eigenvalue weighted by atomic mass is 16.6. The standard InChI is InChI=1S/C11H20N2O5/c1-5-17-9(15)7(6-8(12)14)13-10(16)18-11(2,3)4/h7H,5-6H2,1-4H3,(H2,12,14)(H,13,16). The van der Waals surface area contributed by atoms with E-state index in [0.29, 0.717) is 0 Å². The Bertz CT molecular complexity index is 322.